The molecule has 0 fully saturated rings. The lowest BCUT2D eigenvalue weighted by atomic mass is 10.0. The lowest BCUT2D eigenvalue weighted by Crippen LogP contribution is -2.23. The van der Waals surface area contributed by atoms with Crippen molar-refractivity contribution in [3.05, 3.63) is 35.4 Å². The summed E-state index contributed by atoms with van der Waals surface area (Å²) >= 11 is 0. The molecule has 4 N–H and O–H groups in total. The molecule has 0 heterocycles. The van der Waals surface area contributed by atoms with Crippen LogP contribution in [0.4, 0.5) is 0 Å². The lowest BCUT2D eigenvalue weighted by molar-refractivity contribution is -0.122. The van der Waals surface area contributed by atoms with Crippen LogP contribution >= 0.6 is 0 Å². The van der Waals surface area contributed by atoms with E-state index in [0.717, 1.165) is 36.8 Å². The Morgan fingerprint density at radius 1 is 0.440 bits per heavy atom. The number of carbonyl (C=O) groups excluding carboxylic acids is 2. The van der Waals surface area contributed by atoms with E-state index >= 15 is 0 Å². The highest BCUT2D eigenvalue weighted by molar-refractivity contribution is 5.76. The van der Waals surface area contributed by atoms with Gasteiger partial charge in [-0.1, -0.05) is 179 Å². The number of benzene rings is 1. The maximum absolute atomic E-state index is 12.3. The Labute approximate surface area is 308 Å². The summed E-state index contributed by atoms with van der Waals surface area (Å²) in [5.74, 6) is 0.0410. The summed E-state index contributed by atoms with van der Waals surface area (Å²) in [6, 6.07) is 7.96. The van der Waals surface area contributed by atoms with Crippen LogP contribution in [0, 0.1) is 0 Å². The van der Waals surface area contributed by atoms with E-state index in [1.54, 1.807) is 0 Å². The number of amides is 2. The SMILES string of the molecule is CCCCCCCCCCCCCC(O)CCCC(=O)NCc1ccc(CNC(=O)CCCC(O)CCCCCCCCCCCCC)cc1. The molecule has 1 aromatic carbocycles. The molecule has 1 aromatic rings. The molecule has 0 aliphatic rings. The minimum Gasteiger partial charge on any atom is -0.393 e. The summed E-state index contributed by atoms with van der Waals surface area (Å²) in [5, 5.41) is 26.6. The van der Waals surface area contributed by atoms with Gasteiger partial charge in [-0.05, 0) is 49.7 Å². The van der Waals surface area contributed by atoms with Gasteiger partial charge in [0.15, 0.2) is 0 Å². The summed E-state index contributed by atoms with van der Waals surface area (Å²) in [6.07, 6.45) is 33.6. The first-order chi connectivity index (χ1) is 24.4. The van der Waals surface area contributed by atoms with E-state index in [-0.39, 0.29) is 24.0 Å². The summed E-state index contributed by atoms with van der Waals surface area (Å²) in [5.41, 5.74) is 2.05. The summed E-state index contributed by atoms with van der Waals surface area (Å²) in [7, 11) is 0. The van der Waals surface area contributed by atoms with Crippen molar-refractivity contribution in [2.75, 3.05) is 0 Å². The molecule has 0 aromatic heterocycles. The fourth-order valence-corrected chi connectivity index (χ4v) is 6.73. The van der Waals surface area contributed by atoms with Gasteiger partial charge in [-0.3, -0.25) is 9.59 Å². The van der Waals surface area contributed by atoms with E-state index in [2.05, 4.69) is 24.5 Å². The molecular formula is C44H80N2O4. The highest BCUT2D eigenvalue weighted by Crippen LogP contribution is 2.16. The second-order valence-corrected chi connectivity index (χ2v) is 15.1. The monoisotopic (exact) mass is 701 g/mol. The molecule has 6 heteroatoms. The van der Waals surface area contributed by atoms with Gasteiger partial charge in [-0.2, -0.15) is 0 Å². The zero-order valence-corrected chi connectivity index (χ0v) is 32.8. The highest BCUT2D eigenvalue weighted by atomic mass is 16.3. The molecule has 50 heavy (non-hydrogen) atoms. The Balaban J connectivity index is 1.99. The van der Waals surface area contributed by atoms with Gasteiger partial charge >= 0.3 is 0 Å². The van der Waals surface area contributed by atoms with Gasteiger partial charge in [0.25, 0.3) is 0 Å². The van der Waals surface area contributed by atoms with Crippen LogP contribution in [0.15, 0.2) is 24.3 Å². The maximum atomic E-state index is 12.3. The first-order valence-corrected chi connectivity index (χ1v) is 21.4. The van der Waals surface area contributed by atoms with Gasteiger partial charge in [-0.25, -0.2) is 0 Å². The molecule has 0 saturated heterocycles. The Bertz CT molecular complexity index is 833. The van der Waals surface area contributed by atoms with E-state index < -0.39 is 0 Å². The van der Waals surface area contributed by atoms with Crippen LogP contribution in [0.5, 0.6) is 0 Å². The third-order valence-electron chi connectivity index (χ3n) is 10.2. The van der Waals surface area contributed by atoms with Crippen LogP contribution in [-0.4, -0.2) is 34.2 Å². The van der Waals surface area contributed by atoms with Crippen molar-refractivity contribution in [2.45, 2.75) is 232 Å². The third-order valence-corrected chi connectivity index (χ3v) is 10.2. The number of aliphatic hydroxyl groups is 2. The van der Waals surface area contributed by atoms with Gasteiger partial charge in [0.1, 0.15) is 0 Å². The van der Waals surface area contributed by atoms with Gasteiger partial charge in [0, 0.05) is 25.9 Å². The molecule has 2 amide bonds. The number of unbranched alkanes of at least 4 members (excludes halogenated alkanes) is 20. The molecule has 0 aliphatic heterocycles. The maximum Gasteiger partial charge on any atom is 0.220 e. The lowest BCUT2D eigenvalue weighted by Gasteiger charge is -2.11. The molecule has 2 atom stereocenters. The van der Waals surface area contributed by atoms with Crippen molar-refractivity contribution in [1.29, 1.82) is 0 Å². The van der Waals surface area contributed by atoms with Crippen molar-refractivity contribution in [3.8, 4) is 0 Å². The summed E-state index contributed by atoms with van der Waals surface area (Å²) < 4.78 is 0. The Hall–Kier alpha value is -1.92. The zero-order chi connectivity index (χ0) is 36.3. The highest BCUT2D eigenvalue weighted by Gasteiger charge is 2.09. The molecule has 0 radical (unpaired) electrons. The quantitative estimate of drug-likeness (QED) is 0.0524. The van der Waals surface area contributed by atoms with Gasteiger partial charge in [-0.15, -0.1) is 0 Å². The van der Waals surface area contributed by atoms with Crippen LogP contribution < -0.4 is 10.6 Å². The van der Waals surface area contributed by atoms with Crippen molar-refractivity contribution in [3.63, 3.8) is 0 Å². The molecular weight excluding hydrogens is 620 g/mol. The largest absolute Gasteiger partial charge is 0.393 e. The van der Waals surface area contributed by atoms with Gasteiger partial charge < -0.3 is 20.8 Å². The van der Waals surface area contributed by atoms with E-state index in [0.29, 0.717) is 51.6 Å². The van der Waals surface area contributed by atoms with Crippen molar-refractivity contribution in [2.24, 2.45) is 0 Å². The fourth-order valence-electron chi connectivity index (χ4n) is 6.73. The number of nitrogens with one attached hydrogen (secondary N) is 2. The number of hydrogen-bond acceptors (Lipinski definition) is 4. The molecule has 0 spiro atoms. The first-order valence-electron chi connectivity index (χ1n) is 21.4. The van der Waals surface area contributed by atoms with Crippen molar-refractivity contribution in [1.82, 2.24) is 10.6 Å². The van der Waals surface area contributed by atoms with Crippen LogP contribution in [0.2, 0.25) is 0 Å². The summed E-state index contributed by atoms with van der Waals surface area (Å²) in [6.45, 7) is 5.49. The third kappa shape index (κ3) is 29.8. The second-order valence-electron chi connectivity index (χ2n) is 15.1. The normalized spacial score (nSPS) is 12.6. The molecule has 2 unspecified atom stereocenters. The van der Waals surface area contributed by atoms with E-state index in [9.17, 15) is 19.8 Å². The van der Waals surface area contributed by atoms with E-state index in [4.69, 9.17) is 0 Å². The van der Waals surface area contributed by atoms with Gasteiger partial charge in [0.05, 0.1) is 12.2 Å². The molecule has 0 bridgehead atoms. The number of rotatable bonds is 36. The van der Waals surface area contributed by atoms with E-state index in [1.165, 1.54) is 128 Å². The van der Waals surface area contributed by atoms with E-state index in [1.807, 2.05) is 24.3 Å². The fraction of sp³-hybridized carbons (Fsp3) is 0.818. The number of aliphatic hydroxyl groups excluding tert-OH is 2. The smallest absolute Gasteiger partial charge is 0.220 e. The van der Waals surface area contributed by atoms with Gasteiger partial charge in [0.2, 0.25) is 11.8 Å². The Morgan fingerprint density at radius 3 is 1.00 bits per heavy atom. The molecule has 0 aliphatic carbocycles. The first kappa shape index (κ1) is 46.1. The average molecular weight is 701 g/mol. The predicted octanol–water partition coefficient (Wildman–Crippen LogP) is 11.4. The predicted molar refractivity (Wildman–Crippen MR) is 212 cm³/mol. The van der Waals surface area contributed by atoms with Crippen LogP contribution in [0.25, 0.3) is 0 Å². The standard InChI is InChI=1S/C44H80N2O4/c1-3-5-7-9-11-13-15-17-19-21-23-27-41(47)29-25-31-43(49)45-37-39-33-35-40(36-34-39)38-46-44(50)32-26-30-42(48)28-24-22-20-18-16-14-12-10-8-6-4-2/h33-36,41-42,47-48H,3-32,37-38H2,1-2H3,(H,45,49)(H,46,50). The average Bonchev–Trinajstić information content (AvgIpc) is 3.11. The Morgan fingerprint density at radius 2 is 0.700 bits per heavy atom. The zero-order valence-electron chi connectivity index (χ0n) is 32.8. The Kier molecular flexibility index (Phi) is 31.5. The molecule has 6 nitrogen and oxygen atoms in total. The molecule has 0 saturated carbocycles. The van der Waals surface area contributed by atoms with Crippen molar-refractivity contribution >= 4 is 11.8 Å². The minimum absolute atomic E-state index is 0.0205. The van der Waals surface area contributed by atoms with Crippen LogP contribution in [0.3, 0.4) is 0 Å². The number of hydrogen-bond donors (Lipinski definition) is 4. The number of carbonyl (C=O) groups is 2. The van der Waals surface area contributed by atoms with Crippen molar-refractivity contribution < 1.29 is 19.8 Å². The second kappa shape index (κ2) is 34.2. The minimum atomic E-state index is -0.301. The molecule has 1 rings (SSSR count). The van der Waals surface area contributed by atoms with Crippen LogP contribution in [-0.2, 0) is 22.7 Å². The van der Waals surface area contributed by atoms with Crippen LogP contribution in [0.1, 0.15) is 218 Å². The topological polar surface area (TPSA) is 98.7 Å². The molecule has 290 valence electrons. The summed E-state index contributed by atoms with van der Waals surface area (Å²) in [4.78, 5) is 24.6.